The third-order valence-corrected chi connectivity index (χ3v) is 4.10. The molecule has 2 unspecified atom stereocenters. The van der Waals surface area contributed by atoms with Crippen molar-refractivity contribution in [1.29, 1.82) is 0 Å². The fraction of sp³-hybridized carbons (Fsp3) is 1.00. The van der Waals surface area contributed by atoms with Crippen LogP contribution in [0.4, 0.5) is 0 Å². The Bertz CT molecular complexity index is 135. The molecular weight excluding hydrogens is 144 g/mol. The van der Waals surface area contributed by atoms with Gasteiger partial charge in [-0.1, -0.05) is 53.4 Å². The highest BCUT2D eigenvalue weighted by Gasteiger charge is 2.36. The molecule has 0 heteroatoms. The van der Waals surface area contributed by atoms with Gasteiger partial charge < -0.3 is 0 Å². The van der Waals surface area contributed by atoms with Crippen LogP contribution in [0.3, 0.4) is 0 Å². The standard InChI is InChI=1S/C12H24/c1-5-10-8-7-9-11(10)12(3,4)6-2/h10-11H,5-9H2,1-4H3. The Balaban J connectivity index is 2.60. The van der Waals surface area contributed by atoms with Crippen LogP contribution in [0.2, 0.25) is 0 Å². The summed E-state index contributed by atoms with van der Waals surface area (Å²) in [7, 11) is 0. The Labute approximate surface area is 77.7 Å². The van der Waals surface area contributed by atoms with Gasteiger partial charge in [0.2, 0.25) is 0 Å². The second-order valence-corrected chi connectivity index (χ2v) is 5.05. The van der Waals surface area contributed by atoms with Crippen LogP contribution in [0.15, 0.2) is 0 Å². The summed E-state index contributed by atoms with van der Waals surface area (Å²) in [6, 6.07) is 0. The van der Waals surface area contributed by atoms with E-state index in [9.17, 15) is 0 Å². The van der Waals surface area contributed by atoms with Crippen molar-refractivity contribution in [2.45, 2.75) is 59.8 Å². The van der Waals surface area contributed by atoms with Gasteiger partial charge in [0.15, 0.2) is 0 Å². The first-order chi connectivity index (χ1) is 5.61. The Kier molecular flexibility index (Phi) is 3.20. The molecular formula is C12H24. The lowest BCUT2D eigenvalue weighted by Gasteiger charge is -2.34. The molecule has 0 nitrogen and oxygen atoms in total. The second-order valence-electron chi connectivity index (χ2n) is 5.05. The van der Waals surface area contributed by atoms with E-state index in [1.54, 1.807) is 0 Å². The van der Waals surface area contributed by atoms with Crippen molar-refractivity contribution in [3.8, 4) is 0 Å². The van der Waals surface area contributed by atoms with Gasteiger partial charge in [0, 0.05) is 0 Å². The van der Waals surface area contributed by atoms with Crippen LogP contribution in [-0.4, -0.2) is 0 Å². The molecule has 1 fully saturated rings. The van der Waals surface area contributed by atoms with Gasteiger partial charge in [0.25, 0.3) is 0 Å². The Morgan fingerprint density at radius 2 is 1.83 bits per heavy atom. The van der Waals surface area contributed by atoms with Gasteiger partial charge in [-0.3, -0.25) is 0 Å². The molecule has 2 atom stereocenters. The van der Waals surface area contributed by atoms with Crippen molar-refractivity contribution >= 4 is 0 Å². The van der Waals surface area contributed by atoms with Crippen molar-refractivity contribution in [3.63, 3.8) is 0 Å². The average molecular weight is 168 g/mol. The largest absolute Gasteiger partial charge is 0.0651 e. The number of rotatable bonds is 3. The average Bonchev–Trinajstić information content (AvgIpc) is 2.52. The van der Waals surface area contributed by atoms with Gasteiger partial charge in [-0.2, -0.15) is 0 Å². The van der Waals surface area contributed by atoms with Gasteiger partial charge in [0.1, 0.15) is 0 Å². The van der Waals surface area contributed by atoms with Crippen LogP contribution in [0, 0.1) is 17.3 Å². The maximum Gasteiger partial charge on any atom is -0.0326 e. The van der Waals surface area contributed by atoms with Crippen molar-refractivity contribution in [3.05, 3.63) is 0 Å². The lowest BCUT2D eigenvalue weighted by Crippen LogP contribution is -2.26. The van der Waals surface area contributed by atoms with Gasteiger partial charge in [-0.15, -0.1) is 0 Å². The molecule has 12 heavy (non-hydrogen) atoms. The molecule has 1 rings (SSSR count). The lowest BCUT2D eigenvalue weighted by atomic mass is 9.71. The normalized spacial score (nSPS) is 31.0. The molecule has 72 valence electrons. The first-order valence-electron chi connectivity index (χ1n) is 5.61. The van der Waals surface area contributed by atoms with E-state index < -0.39 is 0 Å². The fourth-order valence-electron chi connectivity index (χ4n) is 2.82. The quantitative estimate of drug-likeness (QED) is 0.591. The van der Waals surface area contributed by atoms with E-state index >= 15 is 0 Å². The minimum Gasteiger partial charge on any atom is -0.0651 e. The molecule has 0 aromatic rings. The Morgan fingerprint density at radius 3 is 2.33 bits per heavy atom. The van der Waals surface area contributed by atoms with Crippen LogP contribution in [0.25, 0.3) is 0 Å². The second kappa shape index (κ2) is 3.81. The van der Waals surface area contributed by atoms with Crippen LogP contribution in [0.5, 0.6) is 0 Å². The van der Waals surface area contributed by atoms with E-state index in [0.29, 0.717) is 5.41 Å². The van der Waals surface area contributed by atoms with Crippen molar-refractivity contribution < 1.29 is 0 Å². The molecule has 0 aliphatic heterocycles. The maximum atomic E-state index is 2.45. The van der Waals surface area contributed by atoms with Crippen molar-refractivity contribution in [2.75, 3.05) is 0 Å². The first-order valence-corrected chi connectivity index (χ1v) is 5.61. The molecule has 0 heterocycles. The van der Waals surface area contributed by atoms with E-state index in [4.69, 9.17) is 0 Å². The predicted molar refractivity (Wildman–Crippen MR) is 55.2 cm³/mol. The molecule has 0 saturated heterocycles. The molecule has 1 saturated carbocycles. The molecule has 0 radical (unpaired) electrons. The summed E-state index contributed by atoms with van der Waals surface area (Å²) < 4.78 is 0. The molecule has 0 amide bonds. The van der Waals surface area contributed by atoms with E-state index in [1.807, 2.05) is 0 Å². The number of hydrogen-bond acceptors (Lipinski definition) is 0. The Hall–Kier alpha value is 0. The van der Waals surface area contributed by atoms with E-state index in [0.717, 1.165) is 11.8 Å². The summed E-state index contributed by atoms with van der Waals surface area (Å²) >= 11 is 0. The van der Waals surface area contributed by atoms with Crippen LogP contribution in [0.1, 0.15) is 59.8 Å². The fourth-order valence-corrected chi connectivity index (χ4v) is 2.82. The highest BCUT2D eigenvalue weighted by Crippen LogP contribution is 2.46. The summed E-state index contributed by atoms with van der Waals surface area (Å²) in [6.45, 7) is 9.59. The summed E-state index contributed by atoms with van der Waals surface area (Å²) in [5.41, 5.74) is 0.594. The maximum absolute atomic E-state index is 2.45. The predicted octanol–water partition coefficient (Wildman–Crippen LogP) is 4.25. The van der Waals surface area contributed by atoms with Gasteiger partial charge >= 0.3 is 0 Å². The highest BCUT2D eigenvalue weighted by molar-refractivity contribution is 4.86. The zero-order valence-corrected chi connectivity index (χ0v) is 9.19. The topological polar surface area (TPSA) is 0 Å². The SMILES string of the molecule is CCC1CCCC1C(C)(C)CC. The lowest BCUT2D eigenvalue weighted by molar-refractivity contribution is 0.154. The van der Waals surface area contributed by atoms with Crippen LogP contribution >= 0.6 is 0 Å². The third-order valence-electron chi connectivity index (χ3n) is 4.10. The van der Waals surface area contributed by atoms with E-state index in [2.05, 4.69) is 27.7 Å². The van der Waals surface area contributed by atoms with Crippen LogP contribution < -0.4 is 0 Å². The van der Waals surface area contributed by atoms with E-state index in [1.165, 1.54) is 32.1 Å². The summed E-state index contributed by atoms with van der Waals surface area (Å²) in [4.78, 5) is 0. The smallest absolute Gasteiger partial charge is 0.0326 e. The zero-order chi connectivity index (χ0) is 9.19. The Morgan fingerprint density at radius 1 is 1.17 bits per heavy atom. The minimum absolute atomic E-state index is 0.594. The molecule has 0 bridgehead atoms. The molecule has 0 aromatic carbocycles. The molecule has 1 aliphatic rings. The van der Waals surface area contributed by atoms with Gasteiger partial charge in [0.05, 0.1) is 0 Å². The van der Waals surface area contributed by atoms with E-state index in [-0.39, 0.29) is 0 Å². The van der Waals surface area contributed by atoms with Crippen molar-refractivity contribution in [1.82, 2.24) is 0 Å². The molecule has 0 spiro atoms. The van der Waals surface area contributed by atoms with Crippen LogP contribution in [-0.2, 0) is 0 Å². The monoisotopic (exact) mass is 168 g/mol. The summed E-state index contributed by atoms with van der Waals surface area (Å²) in [5, 5.41) is 0. The number of hydrogen-bond donors (Lipinski definition) is 0. The highest BCUT2D eigenvalue weighted by atomic mass is 14.4. The first kappa shape index (κ1) is 10.1. The third kappa shape index (κ3) is 1.84. The van der Waals surface area contributed by atoms with Crippen molar-refractivity contribution in [2.24, 2.45) is 17.3 Å². The van der Waals surface area contributed by atoms with Gasteiger partial charge in [-0.05, 0) is 23.7 Å². The minimum atomic E-state index is 0.594. The summed E-state index contributed by atoms with van der Waals surface area (Å²) in [6.07, 6.45) is 7.19. The molecule has 1 aliphatic carbocycles. The zero-order valence-electron chi connectivity index (χ0n) is 9.19. The van der Waals surface area contributed by atoms with Gasteiger partial charge in [-0.25, -0.2) is 0 Å². The summed E-state index contributed by atoms with van der Waals surface area (Å²) in [5.74, 6) is 2.03. The molecule has 0 N–H and O–H groups in total. The molecule has 0 aromatic heterocycles.